The van der Waals surface area contributed by atoms with Crippen LogP contribution in [-0.4, -0.2) is 12.3 Å². The number of hydrogen-bond acceptors (Lipinski definition) is 4. The Morgan fingerprint density at radius 2 is 2.15 bits per heavy atom. The van der Waals surface area contributed by atoms with E-state index in [4.69, 9.17) is 4.42 Å². The summed E-state index contributed by atoms with van der Waals surface area (Å²) in [5.41, 5.74) is 3.22. The summed E-state index contributed by atoms with van der Waals surface area (Å²) in [4.78, 5) is 13.3. The predicted molar refractivity (Wildman–Crippen MR) is 80.9 cm³/mol. The van der Waals surface area contributed by atoms with E-state index in [1.165, 1.54) is 11.3 Å². The standard InChI is InChI=1S/C16H15NO2S/c1-9-6-14-15(16(18)19-9)11-7-17-13-5-3-2-4-10(13)12(11)8-20-14/h2-6,11-12,17H,7-8H2,1H3/t11-,12+/m0/s1. The molecule has 4 heteroatoms. The van der Waals surface area contributed by atoms with Gasteiger partial charge in [-0.15, -0.1) is 11.8 Å². The molecule has 1 aromatic carbocycles. The number of hydrogen-bond donors (Lipinski definition) is 1. The molecule has 0 saturated carbocycles. The molecule has 0 radical (unpaired) electrons. The normalized spacial score (nSPS) is 23.2. The van der Waals surface area contributed by atoms with Crippen molar-refractivity contribution in [2.24, 2.45) is 0 Å². The van der Waals surface area contributed by atoms with Crippen molar-refractivity contribution in [2.45, 2.75) is 23.7 Å². The first-order valence-corrected chi connectivity index (χ1v) is 7.83. The lowest BCUT2D eigenvalue weighted by Crippen LogP contribution is -2.33. The molecule has 0 saturated heterocycles. The first-order valence-electron chi connectivity index (χ1n) is 6.84. The van der Waals surface area contributed by atoms with Gasteiger partial charge in [0.1, 0.15) is 5.76 Å². The third-order valence-electron chi connectivity index (χ3n) is 4.22. The summed E-state index contributed by atoms with van der Waals surface area (Å²) >= 11 is 1.78. The maximum Gasteiger partial charge on any atom is 0.340 e. The summed E-state index contributed by atoms with van der Waals surface area (Å²) in [6, 6.07) is 10.4. The summed E-state index contributed by atoms with van der Waals surface area (Å²) in [5, 5.41) is 3.45. The maximum atomic E-state index is 12.2. The number of thioether (sulfide) groups is 1. The van der Waals surface area contributed by atoms with Crippen LogP contribution in [0, 0.1) is 6.92 Å². The molecule has 0 spiro atoms. The second-order valence-electron chi connectivity index (χ2n) is 5.41. The van der Waals surface area contributed by atoms with E-state index in [1.54, 1.807) is 11.8 Å². The van der Waals surface area contributed by atoms with Gasteiger partial charge in [0.05, 0.1) is 5.56 Å². The van der Waals surface area contributed by atoms with Gasteiger partial charge in [-0.05, 0) is 24.6 Å². The zero-order valence-electron chi connectivity index (χ0n) is 11.2. The molecule has 2 atom stereocenters. The van der Waals surface area contributed by atoms with Crippen LogP contribution < -0.4 is 10.9 Å². The number of benzene rings is 1. The summed E-state index contributed by atoms with van der Waals surface area (Å²) < 4.78 is 5.32. The van der Waals surface area contributed by atoms with Crippen LogP contribution in [0.3, 0.4) is 0 Å². The smallest absolute Gasteiger partial charge is 0.340 e. The van der Waals surface area contributed by atoms with Gasteiger partial charge in [0.2, 0.25) is 0 Å². The zero-order chi connectivity index (χ0) is 13.7. The van der Waals surface area contributed by atoms with Crippen molar-refractivity contribution >= 4 is 17.4 Å². The molecule has 2 aliphatic rings. The van der Waals surface area contributed by atoms with Crippen LogP contribution in [0.5, 0.6) is 0 Å². The Kier molecular flexibility index (Phi) is 2.67. The summed E-state index contributed by atoms with van der Waals surface area (Å²) in [6.07, 6.45) is 0. The molecule has 3 nitrogen and oxygen atoms in total. The summed E-state index contributed by atoms with van der Waals surface area (Å²) in [7, 11) is 0. The molecule has 0 bridgehead atoms. The number of fused-ring (bicyclic) bond motifs is 5. The second-order valence-corrected chi connectivity index (χ2v) is 6.48. The van der Waals surface area contributed by atoms with Crippen molar-refractivity contribution in [3.05, 3.63) is 57.6 Å². The van der Waals surface area contributed by atoms with Gasteiger partial charge < -0.3 is 9.73 Å². The zero-order valence-corrected chi connectivity index (χ0v) is 12.0. The van der Waals surface area contributed by atoms with Crippen LogP contribution in [0.25, 0.3) is 0 Å². The third kappa shape index (κ3) is 1.71. The lowest BCUT2D eigenvalue weighted by Gasteiger charge is -2.37. The van der Waals surface area contributed by atoms with E-state index in [2.05, 4.69) is 23.5 Å². The van der Waals surface area contributed by atoms with Crippen LogP contribution in [0.2, 0.25) is 0 Å². The van der Waals surface area contributed by atoms with E-state index in [9.17, 15) is 4.79 Å². The largest absolute Gasteiger partial charge is 0.428 e. The van der Waals surface area contributed by atoms with Gasteiger partial charge in [-0.2, -0.15) is 0 Å². The molecular formula is C16H15NO2S. The fourth-order valence-electron chi connectivity index (χ4n) is 3.30. The Bertz CT molecular complexity index is 737. The Hall–Kier alpha value is -1.68. The molecule has 2 aromatic rings. The maximum absolute atomic E-state index is 12.2. The van der Waals surface area contributed by atoms with E-state index in [1.807, 2.05) is 19.1 Å². The van der Waals surface area contributed by atoms with Crippen molar-refractivity contribution in [3.63, 3.8) is 0 Å². The van der Waals surface area contributed by atoms with Gasteiger partial charge in [-0.25, -0.2) is 4.79 Å². The lowest BCUT2D eigenvalue weighted by atomic mass is 9.79. The second kappa shape index (κ2) is 4.42. The third-order valence-corrected chi connectivity index (χ3v) is 5.40. The Balaban J connectivity index is 1.87. The number of anilines is 1. The van der Waals surface area contributed by atoms with E-state index in [-0.39, 0.29) is 11.5 Å². The fourth-order valence-corrected chi connectivity index (χ4v) is 4.71. The average Bonchev–Trinajstić information content (AvgIpc) is 2.46. The van der Waals surface area contributed by atoms with E-state index in [0.717, 1.165) is 22.8 Å². The molecule has 102 valence electrons. The predicted octanol–water partition coefficient (Wildman–Crippen LogP) is 3.35. The molecule has 2 aliphatic heterocycles. The minimum atomic E-state index is -0.164. The van der Waals surface area contributed by atoms with Gasteiger partial charge in [0.15, 0.2) is 0 Å². The average molecular weight is 285 g/mol. The summed E-state index contributed by atoms with van der Waals surface area (Å²) in [6.45, 7) is 2.64. The number of nitrogens with one attached hydrogen (secondary N) is 1. The number of para-hydroxylation sites is 1. The van der Waals surface area contributed by atoms with Crippen LogP contribution in [0.1, 0.15) is 28.7 Å². The molecule has 0 fully saturated rings. The van der Waals surface area contributed by atoms with Crippen molar-refractivity contribution in [2.75, 3.05) is 17.6 Å². The van der Waals surface area contributed by atoms with Crippen LogP contribution in [0.4, 0.5) is 5.69 Å². The minimum absolute atomic E-state index is 0.164. The van der Waals surface area contributed by atoms with Crippen LogP contribution in [-0.2, 0) is 0 Å². The number of rotatable bonds is 0. The van der Waals surface area contributed by atoms with Gasteiger partial charge in [0.25, 0.3) is 0 Å². The van der Waals surface area contributed by atoms with Crippen LogP contribution in [0.15, 0.2) is 44.4 Å². The van der Waals surface area contributed by atoms with Gasteiger partial charge in [-0.3, -0.25) is 0 Å². The van der Waals surface area contributed by atoms with Gasteiger partial charge >= 0.3 is 5.63 Å². The molecule has 4 rings (SSSR count). The van der Waals surface area contributed by atoms with Crippen molar-refractivity contribution in [3.8, 4) is 0 Å². The lowest BCUT2D eigenvalue weighted by molar-refractivity contribution is 0.444. The molecule has 3 heterocycles. The summed E-state index contributed by atoms with van der Waals surface area (Å²) in [5.74, 6) is 2.34. The fraction of sp³-hybridized carbons (Fsp3) is 0.312. The highest BCUT2D eigenvalue weighted by molar-refractivity contribution is 7.99. The topological polar surface area (TPSA) is 42.2 Å². The molecule has 20 heavy (non-hydrogen) atoms. The van der Waals surface area contributed by atoms with E-state index >= 15 is 0 Å². The molecule has 1 aromatic heterocycles. The van der Waals surface area contributed by atoms with Gasteiger partial charge in [-0.1, -0.05) is 18.2 Å². The number of aryl methyl sites for hydroxylation is 1. The van der Waals surface area contributed by atoms with Crippen molar-refractivity contribution in [1.29, 1.82) is 0 Å². The van der Waals surface area contributed by atoms with E-state index < -0.39 is 0 Å². The Labute approximate surface area is 121 Å². The first-order chi connectivity index (χ1) is 9.74. The minimum Gasteiger partial charge on any atom is -0.428 e. The van der Waals surface area contributed by atoms with E-state index in [0.29, 0.717) is 11.7 Å². The monoisotopic (exact) mass is 285 g/mol. The molecule has 0 amide bonds. The highest BCUT2D eigenvalue weighted by atomic mass is 32.2. The van der Waals surface area contributed by atoms with Gasteiger partial charge in [0, 0.05) is 34.7 Å². The van der Waals surface area contributed by atoms with Crippen molar-refractivity contribution in [1.82, 2.24) is 0 Å². The Morgan fingerprint density at radius 1 is 1.30 bits per heavy atom. The highest BCUT2D eigenvalue weighted by Crippen LogP contribution is 2.48. The SMILES string of the molecule is Cc1cc2c(c(=O)o1)[C@H]1CNc3ccccc3[C@H]1CS2. The molecular weight excluding hydrogens is 270 g/mol. The van der Waals surface area contributed by atoms with Crippen LogP contribution >= 0.6 is 11.8 Å². The molecule has 0 unspecified atom stereocenters. The van der Waals surface area contributed by atoms with Crippen molar-refractivity contribution < 1.29 is 4.42 Å². The quantitative estimate of drug-likeness (QED) is 0.806. The highest BCUT2D eigenvalue weighted by Gasteiger charge is 2.37. The Morgan fingerprint density at radius 3 is 3.05 bits per heavy atom. The molecule has 0 aliphatic carbocycles. The first kappa shape index (κ1) is 12.1. The molecule has 1 N–H and O–H groups in total.